The summed E-state index contributed by atoms with van der Waals surface area (Å²) in [4.78, 5) is 11.4. The Morgan fingerprint density at radius 1 is 1.56 bits per heavy atom. The van der Waals surface area contributed by atoms with E-state index in [2.05, 4.69) is 21.2 Å². The van der Waals surface area contributed by atoms with Crippen molar-refractivity contribution in [1.82, 2.24) is 0 Å². The second-order valence-electron chi connectivity index (χ2n) is 3.67. The molecule has 0 bridgehead atoms. The van der Waals surface area contributed by atoms with E-state index in [1.165, 1.54) is 12.1 Å². The molecule has 1 N–H and O–H groups in total. The lowest BCUT2D eigenvalue weighted by Gasteiger charge is -2.10. The number of hydrogen-bond acceptors (Lipinski definition) is 3. The van der Waals surface area contributed by atoms with Gasteiger partial charge in [-0.2, -0.15) is 0 Å². The Kier molecular flexibility index (Phi) is 6.43. The second-order valence-corrected chi connectivity index (χ2v) is 4.93. The van der Waals surface area contributed by atoms with Gasteiger partial charge in [-0.05, 0) is 34.5 Å². The maximum absolute atomic E-state index is 13.0. The first-order valence-corrected chi connectivity index (χ1v) is 6.75. The molecule has 0 unspecified atom stereocenters. The molecule has 0 fully saturated rings. The van der Waals surface area contributed by atoms with Crippen LogP contribution in [-0.4, -0.2) is 19.1 Å². The molecule has 100 valence electrons. The molecule has 0 spiro atoms. The zero-order chi connectivity index (χ0) is 13.5. The molecular weight excluding hydrogens is 324 g/mol. The van der Waals surface area contributed by atoms with E-state index in [1.807, 2.05) is 6.92 Å². The van der Waals surface area contributed by atoms with Crippen LogP contribution in [0.5, 0.6) is 0 Å². The highest BCUT2D eigenvalue weighted by atomic mass is 79.9. The molecule has 0 amide bonds. The zero-order valence-electron chi connectivity index (χ0n) is 9.93. The largest absolute Gasteiger partial charge is 0.464 e. The number of rotatable bonds is 6. The van der Waals surface area contributed by atoms with Gasteiger partial charge >= 0.3 is 5.97 Å². The third-order valence-corrected chi connectivity index (χ3v) is 3.10. The molecule has 18 heavy (non-hydrogen) atoms. The highest BCUT2D eigenvalue weighted by Gasteiger charge is 2.10. The summed E-state index contributed by atoms with van der Waals surface area (Å²) < 4.78 is 18.4. The predicted molar refractivity (Wildman–Crippen MR) is 73.5 cm³/mol. The molecule has 0 aliphatic rings. The molecule has 0 radical (unpaired) electrons. The van der Waals surface area contributed by atoms with Crippen molar-refractivity contribution in [3.05, 3.63) is 27.4 Å². The summed E-state index contributed by atoms with van der Waals surface area (Å²) in [7, 11) is 0. The van der Waals surface area contributed by atoms with Crippen molar-refractivity contribution >= 4 is 39.2 Å². The predicted octanol–water partition coefficient (Wildman–Crippen LogP) is 4.00. The molecule has 1 aromatic carbocycles. The molecule has 3 nitrogen and oxygen atoms in total. The van der Waals surface area contributed by atoms with Crippen LogP contribution in [0, 0.1) is 5.82 Å². The van der Waals surface area contributed by atoms with E-state index in [0.29, 0.717) is 16.8 Å². The standard InChI is InChI=1S/C12H14BrClFNO2/c1-2-3-4-18-11(17)7-16-12-9(13)5-8(15)6-10(12)14/h5-6,16H,2-4,7H2,1H3. The van der Waals surface area contributed by atoms with Gasteiger partial charge in [-0.15, -0.1) is 0 Å². The van der Waals surface area contributed by atoms with Crippen LogP contribution in [0.3, 0.4) is 0 Å². The summed E-state index contributed by atoms with van der Waals surface area (Å²) >= 11 is 9.03. The van der Waals surface area contributed by atoms with E-state index in [1.54, 1.807) is 0 Å². The SMILES string of the molecule is CCCCOC(=O)CNc1c(Cl)cc(F)cc1Br. The van der Waals surface area contributed by atoms with Crippen LogP contribution >= 0.6 is 27.5 Å². The lowest BCUT2D eigenvalue weighted by atomic mass is 10.3. The van der Waals surface area contributed by atoms with Gasteiger partial charge in [0.1, 0.15) is 12.4 Å². The minimum atomic E-state index is -0.442. The van der Waals surface area contributed by atoms with Crippen molar-refractivity contribution in [3.8, 4) is 0 Å². The van der Waals surface area contributed by atoms with Gasteiger partial charge in [-0.3, -0.25) is 4.79 Å². The summed E-state index contributed by atoms with van der Waals surface area (Å²) in [6.45, 7) is 2.42. The van der Waals surface area contributed by atoms with E-state index in [0.717, 1.165) is 12.8 Å². The first kappa shape index (κ1) is 15.2. The fourth-order valence-corrected chi connectivity index (χ4v) is 2.21. The van der Waals surface area contributed by atoms with Gasteiger partial charge in [0.05, 0.1) is 17.3 Å². The Balaban J connectivity index is 2.51. The first-order chi connectivity index (χ1) is 8.54. The normalized spacial score (nSPS) is 10.2. The van der Waals surface area contributed by atoms with Gasteiger partial charge in [0.15, 0.2) is 0 Å². The number of anilines is 1. The summed E-state index contributed by atoms with van der Waals surface area (Å²) in [6.07, 6.45) is 1.81. The van der Waals surface area contributed by atoms with Crippen molar-refractivity contribution in [3.63, 3.8) is 0 Å². The number of unbranched alkanes of at least 4 members (excludes halogenated alkanes) is 1. The molecule has 6 heteroatoms. The maximum atomic E-state index is 13.0. The Morgan fingerprint density at radius 3 is 2.89 bits per heavy atom. The van der Waals surface area contributed by atoms with Crippen molar-refractivity contribution < 1.29 is 13.9 Å². The van der Waals surface area contributed by atoms with E-state index < -0.39 is 5.82 Å². The first-order valence-electron chi connectivity index (χ1n) is 5.58. The minimum Gasteiger partial charge on any atom is -0.464 e. The van der Waals surface area contributed by atoms with E-state index >= 15 is 0 Å². The van der Waals surface area contributed by atoms with Crippen LogP contribution in [0.2, 0.25) is 5.02 Å². The number of halogens is 3. The third-order valence-electron chi connectivity index (χ3n) is 2.18. The van der Waals surface area contributed by atoms with Crippen LogP contribution in [-0.2, 0) is 9.53 Å². The Bertz CT molecular complexity index is 406. The second kappa shape index (κ2) is 7.59. The fraction of sp³-hybridized carbons (Fsp3) is 0.417. The number of hydrogen-bond donors (Lipinski definition) is 1. The number of nitrogens with one attached hydrogen (secondary N) is 1. The molecule has 0 heterocycles. The zero-order valence-corrected chi connectivity index (χ0v) is 12.3. The Labute approximate surface area is 119 Å². The molecule has 0 saturated heterocycles. The van der Waals surface area contributed by atoms with Crippen molar-refractivity contribution in [1.29, 1.82) is 0 Å². The average molecular weight is 339 g/mol. The third kappa shape index (κ3) is 4.82. The van der Waals surface area contributed by atoms with Crippen molar-refractivity contribution in [2.45, 2.75) is 19.8 Å². The number of esters is 1. The molecule has 0 atom stereocenters. The van der Waals surface area contributed by atoms with E-state index in [4.69, 9.17) is 16.3 Å². The summed E-state index contributed by atoms with van der Waals surface area (Å²) in [6, 6.07) is 2.45. The monoisotopic (exact) mass is 337 g/mol. The topological polar surface area (TPSA) is 38.3 Å². The van der Waals surface area contributed by atoms with E-state index in [9.17, 15) is 9.18 Å². The van der Waals surface area contributed by atoms with Crippen LogP contribution < -0.4 is 5.32 Å². The summed E-state index contributed by atoms with van der Waals surface area (Å²) in [5, 5.41) is 3.03. The molecule has 0 saturated carbocycles. The fourth-order valence-electron chi connectivity index (χ4n) is 1.25. The summed E-state index contributed by atoms with van der Waals surface area (Å²) in [5.41, 5.74) is 0.477. The molecule has 1 rings (SSSR count). The lowest BCUT2D eigenvalue weighted by molar-refractivity contribution is -0.141. The number of carbonyl (C=O) groups is 1. The maximum Gasteiger partial charge on any atom is 0.325 e. The highest BCUT2D eigenvalue weighted by Crippen LogP contribution is 2.31. The molecule has 0 aromatic heterocycles. The number of carbonyl (C=O) groups excluding carboxylic acids is 1. The number of benzene rings is 1. The van der Waals surface area contributed by atoms with Gasteiger partial charge < -0.3 is 10.1 Å². The van der Waals surface area contributed by atoms with E-state index in [-0.39, 0.29) is 17.5 Å². The van der Waals surface area contributed by atoms with Gasteiger partial charge in [0.25, 0.3) is 0 Å². The Morgan fingerprint density at radius 2 is 2.28 bits per heavy atom. The molecule has 0 aliphatic carbocycles. The molecule has 1 aromatic rings. The highest BCUT2D eigenvalue weighted by molar-refractivity contribution is 9.10. The van der Waals surface area contributed by atoms with Gasteiger partial charge in [0, 0.05) is 4.47 Å². The van der Waals surface area contributed by atoms with Gasteiger partial charge in [-0.1, -0.05) is 24.9 Å². The molecule has 0 aliphatic heterocycles. The van der Waals surface area contributed by atoms with Crippen LogP contribution in [0.15, 0.2) is 16.6 Å². The minimum absolute atomic E-state index is 0.00628. The van der Waals surface area contributed by atoms with Crippen molar-refractivity contribution in [2.75, 3.05) is 18.5 Å². The smallest absolute Gasteiger partial charge is 0.325 e. The van der Waals surface area contributed by atoms with Crippen molar-refractivity contribution in [2.24, 2.45) is 0 Å². The van der Waals surface area contributed by atoms with Crippen LogP contribution in [0.25, 0.3) is 0 Å². The quantitative estimate of drug-likeness (QED) is 0.629. The summed E-state index contributed by atoms with van der Waals surface area (Å²) in [5.74, 6) is -0.807. The lowest BCUT2D eigenvalue weighted by Crippen LogP contribution is -2.17. The molecular formula is C12H14BrClFNO2. The van der Waals surface area contributed by atoms with Crippen LogP contribution in [0.1, 0.15) is 19.8 Å². The van der Waals surface area contributed by atoms with Crippen LogP contribution in [0.4, 0.5) is 10.1 Å². The van der Waals surface area contributed by atoms with Gasteiger partial charge in [0.2, 0.25) is 0 Å². The number of ether oxygens (including phenoxy) is 1. The Hall–Kier alpha value is -0.810. The average Bonchev–Trinajstić information content (AvgIpc) is 2.27. The van der Waals surface area contributed by atoms with Gasteiger partial charge in [-0.25, -0.2) is 4.39 Å².